The Hall–Kier alpha value is -1.06. The van der Waals surface area contributed by atoms with Crippen LogP contribution in [0.3, 0.4) is 0 Å². The van der Waals surface area contributed by atoms with Gasteiger partial charge in [0.05, 0.1) is 24.0 Å². The van der Waals surface area contributed by atoms with Gasteiger partial charge in [-0.3, -0.25) is 0 Å². The van der Waals surface area contributed by atoms with Crippen LogP contribution in [0.25, 0.3) is 0 Å². The van der Waals surface area contributed by atoms with Crippen molar-refractivity contribution in [1.29, 1.82) is 10.5 Å². The van der Waals surface area contributed by atoms with Gasteiger partial charge in [0.2, 0.25) is 0 Å². The maximum atomic E-state index is 8.84. The second kappa shape index (κ2) is 3.37. The van der Waals surface area contributed by atoms with E-state index in [4.69, 9.17) is 10.5 Å². The van der Waals surface area contributed by atoms with Crippen LogP contribution in [0, 0.1) is 28.1 Å². The van der Waals surface area contributed by atoms with Crippen LogP contribution in [0.5, 0.6) is 0 Å². The van der Waals surface area contributed by atoms with E-state index in [9.17, 15) is 0 Å². The Morgan fingerprint density at radius 3 is 2.36 bits per heavy atom. The van der Waals surface area contributed by atoms with Crippen molar-refractivity contribution in [2.24, 2.45) is 5.41 Å². The maximum Gasteiger partial charge on any atom is 0.0727 e. The summed E-state index contributed by atoms with van der Waals surface area (Å²) in [6.07, 6.45) is 2.01. The van der Waals surface area contributed by atoms with Gasteiger partial charge in [-0.1, -0.05) is 0 Å². The monoisotopic (exact) mass is 149 g/mol. The molecule has 1 N–H and O–H groups in total. The standard InChI is InChI=1S/C8H11N3/c9-4-1-8(7-10)2-5-11-6-3-8/h11H,1-3,5-6H2. The summed E-state index contributed by atoms with van der Waals surface area (Å²) >= 11 is 0. The number of nitrogens with one attached hydrogen (secondary N) is 1. The van der Waals surface area contributed by atoms with E-state index in [1.165, 1.54) is 0 Å². The molecule has 1 fully saturated rings. The number of piperidine rings is 1. The average Bonchev–Trinajstić information content (AvgIpc) is 2.07. The summed E-state index contributed by atoms with van der Waals surface area (Å²) in [5.41, 5.74) is -0.347. The predicted octanol–water partition coefficient (Wildman–Crippen LogP) is 0.793. The van der Waals surface area contributed by atoms with Crippen LogP contribution in [0.2, 0.25) is 0 Å². The lowest BCUT2D eigenvalue weighted by atomic mass is 9.78. The first kappa shape index (κ1) is 8.04. The second-order valence-corrected chi connectivity index (χ2v) is 2.98. The predicted molar refractivity (Wildman–Crippen MR) is 40.4 cm³/mol. The first-order valence-corrected chi connectivity index (χ1v) is 3.82. The molecule has 0 unspecified atom stereocenters. The lowest BCUT2D eigenvalue weighted by molar-refractivity contribution is 0.288. The Bertz CT molecular complexity index is 202. The molecule has 0 aromatic heterocycles. The summed E-state index contributed by atoms with van der Waals surface area (Å²) in [6.45, 7) is 1.74. The van der Waals surface area contributed by atoms with Gasteiger partial charge in [-0.25, -0.2) is 0 Å². The summed E-state index contributed by atoms with van der Waals surface area (Å²) in [6, 6.07) is 4.33. The molecular formula is C8H11N3. The molecule has 0 spiro atoms. The van der Waals surface area contributed by atoms with E-state index in [1.807, 2.05) is 0 Å². The average molecular weight is 149 g/mol. The SMILES string of the molecule is N#CCC1(C#N)CCNCC1. The number of hydrogen-bond donors (Lipinski definition) is 1. The molecule has 0 radical (unpaired) electrons. The maximum absolute atomic E-state index is 8.84. The highest BCUT2D eigenvalue weighted by molar-refractivity contribution is 5.05. The topological polar surface area (TPSA) is 59.6 Å². The van der Waals surface area contributed by atoms with Crippen molar-refractivity contribution in [2.45, 2.75) is 19.3 Å². The quantitative estimate of drug-likeness (QED) is 0.599. The zero-order valence-electron chi connectivity index (χ0n) is 6.43. The van der Waals surface area contributed by atoms with E-state index in [0.29, 0.717) is 6.42 Å². The van der Waals surface area contributed by atoms with Gasteiger partial charge in [0.25, 0.3) is 0 Å². The van der Waals surface area contributed by atoms with Gasteiger partial charge in [0.1, 0.15) is 0 Å². The molecule has 1 rings (SSSR count). The molecule has 0 bridgehead atoms. The van der Waals surface area contributed by atoms with Crippen LogP contribution >= 0.6 is 0 Å². The van der Waals surface area contributed by atoms with Crippen LogP contribution in [0.15, 0.2) is 0 Å². The van der Waals surface area contributed by atoms with Crippen molar-refractivity contribution >= 4 is 0 Å². The van der Waals surface area contributed by atoms with Crippen molar-refractivity contribution in [3.63, 3.8) is 0 Å². The number of nitrogens with zero attached hydrogens (tertiary/aromatic N) is 2. The highest BCUT2D eigenvalue weighted by Crippen LogP contribution is 2.30. The molecule has 11 heavy (non-hydrogen) atoms. The summed E-state index contributed by atoms with van der Waals surface area (Å²) in [5.74, 6) is 0. The van der Waals surface area contributed by atoms with E-state index in [2.05, 4.69) is 17.5 Å². The Morgan fingerprint density at radius 2 is 1.91 bits per heavy atom. The van der Waals surface area contributed by atoms with Crippen molar-refractivity contribution in [3.05, 3.63) is 0 Å². The molecule has 0 aliphatic carbocycles. The van der Waals surface area contributed by atoms with Crippen molar-refractivity contribution in [2.75, 3.05) is 13.1 Å². The number of hydrogen-bond acceptors (Lipinski definition) is 3. The van der Waals surface area contributed by atoms with Gasteiger partial charge < -0.3 is 5.32 Å². The molecule has 3 heteroatoms. The largest absolute Gasteiger partial charge is 0.317 e. The smallest absolute Gasteiger partial charge is 0.0727 e. The van der Waals surface area contributed by atoms with E-state index in [-0.39, 0.29) is 5.41 Å². The first-order chi connectivity index (χ1) is 5.33. The zero-order chi connectivity index (χ0) is 8.16. The van der Waals surface area contributed by atoms with Crippen LogP contribution < -0.4 is 5.32 Å². The van der Waals surface area contributed by atoms with Crippen LogP contribution in [-0.2, 0) is 0 Å². The molecule has 0 aromatic rings. The molecule has 1 saturated heterocycles. The van der Waals surface area contributed by atoms with E-state index < -0.39 is 0 Å². The normalized spacial score (nSPS) is 21.6. The molecule has 0 saturated carbocycles. The molecule has 0 atom stereocenters. The van der Waals surface area contributed by atoms with Crippen molar-refractivity contribution in [1.82, 2.24) is 5.32 Å². The molecule has 3 nitrogen and oxygen atoms in total. The van der Waals surface area contributed by atoms with Crippen molar-refractivity contribution in [3.8, 4) is 12.1 Å². The van der Waals surface area contributed by atoms with Gasteiger partial charge >= 0.3 is 0 Å². The fourth-order valence-electron chi connectivity index (χ4n) is 1.38. The van der Waals surface area contributed by atoms with E-state index in [0.717, 1.165) is 25.9 Å². The third-order valence-corrected chi connectivity index (χ3v) is 2.22. The number of nitriles is 2. The van der Waals surface area contributed by atoms with Crippen LogP contribution in [0.4, 0.5) is 0 Å². The van der Waals surface area contributed by atoms with Gasteiger partial charge in [0, 0.05) is 0 Å². The van der Waals surface area contributed by atoms with E-state index >= 15 is 0 Å². The lowest BCUT2D eigenvalue weighted by Gasteiger charge is -2.28. The Balaban J connectivity index is 2.60. The summed E-state index contributed by atoms with van der Waals surface area (Å²) in [5, 5.41) is 20.5. The minimum atomic E-state index is -0.347. The Labute approximate surface area is 66.6 Å². The summed E-state index contributed by atoms with van der Waals surface area (Å²) in [4.78, 5) is 0. The van der Waals surface area contributed by atoms with Crippen LogP contribution in [-0.4, -0.2) is 13.1 Å². The molecule has 1 aliphatic rings. The van der Waals surface area contributed by atoms with Gasteiger partial charge in [0.15, 0.2) is 0 Å². The third-order valence-electron chi connectivity index (χ3n) is 2.22. The lowest BCUT2D eigenvalue weighted by Crippen LogP contribution is -2.35. The second-order valence-electron chi connectivity index (χ2n) is 2.98. The van der Waals surface area contributed by atoms with Crippen LogP contribution in [0.1, 0.15) is 19.3 Å². The molecular weight excluding hydrogens is 138 g/mol. The summed E-state index contributed by atoms with van der Waals surface area (Å²) < 4.78 is 0. The Morgan fingerprint density at radius 1 is 1.27 bits per heavy atom. The van der Waals surface area contributed by atoms with E-state index in [1.54, 1.807) is 0 Å². The highest BCUT2D eigenvalue weighted by atomic mass is 14.9. The minimum Gasteiger partial charge on any atom is -0.317 e. The molecule has 1 heterocycles. The number of rotatable bonds is 1. The third kappa shape index (κ3) is 1.69. The fraction of sp³-hybridized carbons (Fsp3) is 0.750. The fourth-order valence-corrected chi connectivity index (χ4v) is 1.38. The minimum absolute atomic E-state index is 0.347. The van der Waals surface area contributed by atoms with Gasteiger partial charge in [-0.15, -0.1) is 0 Å². The molecule has 0 aromatic carbocycles. The zero-order valence-corrected chi connectivity index (χ0v) is 6.43. The highest BCUT2D eigenvalue weighted by Gasteiger charge is 2.31. The van der Waals surface area contributed by atoms with Crippen molar-refractivity contribution < 1.29 is 0 Å². The summed E-state index contributed by atoms with van der Waals surface area (Å²) in [7, 11) is 0. The molecule has 0 amide bonds. The first-order valence-electron chi connectivity index (χ1n) is 3.82. The molecule has 1 aliphatic heterocycles. The van der Waals surface area contributed by atoms with Gasteiger partial charge in [-0.05, 0) is 25.9 Å². The Kier molecular flexibility index (Phi) is 2.46. The van der Waals surface area contributed by atoms with Gasteiger partial charge in [-0.2, -0.15) is 10.5 Å². The molecule has 58 valence electrons.